The number of hydrogen-bond donors (Lipinski definition) is 2. The van der Waals surface area contributed by atoms with Crippen LogP contribution in [0.3, 0.4) is 0 Å². The van der Waals surface area contributed by atoms with Gasteiger partial charge in [0.15, 0.2) is 0 Å². The molecule has 1 atom stereocenters. The molecule has 0 aliphatic carbocycles. The molecule has 4 nitrogen and oxygen atoms in total. The fourth-order valence-electron chi connectivity index (χ4n) is 2.54. The van der Waals surface area contributed by atoms with Crippen molar-refractivity contribution < 1.29 is 4.79 Å². The zero-order valence-corrected chi connectivity index (χ0v) is 13.3. The van der Waals surface area contributed by atoms with E-state index in [1.165, 1.54) is 5.56 Å². The van der Waals surface area contributed by atoms with E-state index in [4.69, 9.17) is 0 Å². The predicted molar refractivity (Wildman–Crippen MR) is 86.2 cm³/mol. The first-order valence-electron chi connectivity index (χ1n) is 6.89. The summed E-state index contributed by atoms with van der Waals surface area (Å²) in [7, 11) is 0. The van der Waals surface area contributed by atoms with Gasteiger partial charge in [0.05, 0.1) is 0 Å². The minimum atomic E-state index is -0.319. The van der Waals surface area contributed by atoms with E-state index < -0.39 is 0 Å². The maximum absolute atomic E-state index is 12.5. The number of fused-ring (bicyclic) bond motifs is 1. The highest BCUT2D eigenvalue weighted by atomic mass is 79.9. The second-order valence-electron chi connectivity index (χ2n) is 5.14. The van der Waals surface area contributed by atoms with Crippen molar-refractivity contribution in [2.24, 2.45) is 0 Å². The normalized spacial score (nSPS) is 17.1. The van der Waals surface area contributed by atoms with Crippen molar-refractivity contribution in [2.75, 3.05) is 11.9 Å². The molecule has 0 radical (unpaired) electrons. The summed E-state index contributed by atoms with van der Waals surface area (Å²) < 4.78 is 0.932. The number of hydrogen-bond acceptors (Lipinski definition) is 3. The second-order valence-corrected chi connectivity index (χ2v) is 6.00. The minimum absolute atomic E-state index is 0.0728. The quantitative estimate of drug-likeness (QED) is 0.879. The number of rotatable bonds is 2. The lowest BCUT2D eigenvalue weighted by Gasteiger charge is -2.25. The molecule has 1 aliphatic rings. The van der Waals surface area contributed by atoms with Crippen LogP contribution in [0.1, 0.15) is 22.7 Å². The van der Waals surface area contributed by atoms with Crippen LogP contribution in [0.4, 0.5) is 5.82 Å². The van der Waals surface area contributed by atoms with Gasteiger partial charge < -0.3 is 10.6 Å². The van der Waals surface area contributed by atoms with Crippen LogP contribution in [0.2, 0.25) is 0 Å². The fourth-order valence-corrected chi connectivity index (χ4v) is 2.76. The van der Waals surface area contributed by atoms with Gasteiger partial charge in [0.25, 0.3) is 0 Å². The summed E-state index contributed by atoms with van der Waals surface area (Å²) in [6, 6.07) is 9.61. The number of pyridine rings is 1. The SMILES string of the molecule is Cc1cc(NC(=O)C2NCCc3ccccc32)ncc1Br. The second kappa shape index (κ2) is 5.95. The zero-order valence-electron chi connectivity index (χ0n) is 11.7. The van der Waals surface area contributed by atoms with Gasteiger partial charge in [-0.25, -0.2) is 4.98 Å². The van der Waals surface area contributed by atoms with E-state index >= 15 is 0 Å². The molecule has 108 valence electrons. The number of carbonyl (C=O) groups is 1. The van der Waals surface area contributed by atoms with E-state index in [2.05, 4.69) is 37.6 Å². The lowest BCUT2D eigenvalue weighted by molar-refractivity contribution is -0.118. The van der Waals surface area contributed by atoms with Crippen LogP contribution in [0.15, 0.2) is 41.0 Å². The third-order valence-electron chi connectivity index (χ3n) is 3.67. The largest absolute Gasteiger partial charge is 0.309 e. The molecule has 0 saturated carbocycles. The lowest BCUT2D eigenvalue weighted by atomic mass is 9.94. The highest BCUT2D eigenvalue weighted by Crippen LogP contribution is 2.24. The Bertz CT molecular complexity index is 687. The Kier molecular flexibility index (Phi) is 4.03. The number of aryl methyl sites for hydroxylation is 1. The Balaban J connectivity index is 1.81. The molecule has 1 aromatic carbocycles. The van der Waals surface area contributed by atoms with Crippen LogP contribution in [0, 0.1) is 6.92 Å². The van der Waals surface area contributed by atoms with Crippen LogP contribution in [-0.4, -0.2) is 17.4 Å². The molecular weight excluding hydrogens is 330 g/mol. The molecule has 0 saturated heterocycles. The number of amides is 1. The maximum atomic E-state index is 12.5. The molecule has 0 spiro atoms. The first-order valence-corrected chi connectivity index (χ1v) is 7.68. The molecule has 21 heavy (non-hydrogen) atoms. The van der Waals surface area contributed by atoms with E-state index in [-0.39, 0.29) is 11.9 Å². The Morgan fingerprint density at radius 2 is 2.24 bits per heavy atom. The number of aromatic nitrogens is 1. The third-order valence-corrected chi connectivity index (χ3v) is 4.50. The molecule has 5 heteroatoms. The van der Waals surface area contributed by atoms with Crippen molar-refractivity contribution in [3.05, 3.63) is 57.7 Å². The van der Waals surface area contributed by atoms with Gasteiger partial charge in [0, 0.05) is 17.2 Å². The van der Waals surface area contributed by atoms with Gasteiger partial charge in [0.2, 0.25) is 5.91 Å². The first-order chi connectivity index (χ1) is 10.1. The lowest BCUT2D eigenvalue weighted by Crippen LogP contribution is -2.38. The van der Waals surface area contributed by atoms with Crippen molar-refractivity contribution in [1.29, 1.82) is 0 Å². The maximum Gasteiger partial charge on any atom is 0.247 e. The zero-order chi connectivity index (χ0) is 14.8. The van der Waals surface area contributed by atoms with Crippen molar-refractivity contribution >= 4 is 27.7 Å². The number of benzene rings is 1. The third kappa shape index (κ3) is 2.99. The highest BCUT2D eigenvalue weighted by molar-refractivity contribution is 9.10. The van der Waals surface area contributed by atoms with Gasteiger partial charge >= 0.3 is 0 Å². The standard InChI is InChI=1S/C16H16BrN3O/c1-10-8-14(19-9-13(10)17)20-16(21)15-12-5-3-2-4-11(12)6-7-18-15/h2-5,8-9,15,18H,6-7H2,1H3,(H,19,20,21). The average molecular weight is 346 g/mol. The van der Waals surface area contributed by atoms with Crippen LogP contribution in [-0.2, 0) is 11.2 Å². The van der Waals surface area contributed by atoms with Crippen LogP contribution in [0.5, 0.6) is 0 Å². The molecule has 3 rings (SSSR count). The minimum Gasteiger partial charge on any atom is -0.309 e. The molecule has 2 aromatic rings. The van der Waals surface area contributed by atoms with Gasteiger partial charge in [0.1, 0.15) is 11.9 Å². The molecule has 2 N–H and O–H groups in total. The topological polar surface area (TPSA) is 54.0 Å². The Morgan fingerprint density at radius 3 is 3.05 bits per heavy atom. The van der Waals surface area contributed by atoms with Crippen molar-refractivity contribution in [3.8, 4) is 0 Å². The average Bonchev–Trinajstić information content (AvgIpc) is 2.50. The molecule has 1 aliphatic heterocycles. The van der Waals surface area contributed by atoms with Crippen molar-refractivity contribution in [3.63, 3.8) is 0 Å². The molecule has 1 amide bonds. The van der Waals surface area contributed by atoms with Crippen molar-refractivity contribution in [2.45, 2.75) is 19.4 Å². The Hall–Kier alpha value is -1.72. The number of carbonyl (C=O) groups excluding carboxylic acids is 1. The molecule has 1 aromatic heterocycles. The van der Waals surface area contributed by atoms with Crippen LogP contribution in [0.25, 0.3) is 0 Å². The van der Waals surface area contributed by atoms with E-state index in [1.54, 1.807) is 6.20 Å². The van der Waals surface area contributed by atoms with E-state index in [1.807, 2.05) is 31.2 Å². The van der Waals surface area contributed by atoms with Gasteiger partial charge in [-0.05, 0) is 52.0 Å². The summed E-state index contributed by atoms with van der Waals surface area (Å²) in [5.74, 6) is 0.502. The van der Waals surface area contributed by atoms with Gasteiger partial charge in [-0.1, -0.05) is 24.3 Å². The van der Waals surface area contributed by atoms with E-state index in [0.29, 0.717) is 5.82 Å². The Labute approximate surface area is 132 Å². The number of halogens is 1. The molecule has 0 bridgehead atoms. The summed E-state index contributed by atoms with van der Waals surface area (Å²) >= 11 is 3.41. The fraction of sp³-hybridized carbons (Fsp3) is 0.250. The van der Waals surface area contributed by atoms with E-state index in [0.717, 1.165) is 28.6 Å². The van der Waals surface area contributed by atoms with Gasteiger partial charge in [-0.15, -0.1) is 0 Å². The molecular formula is C16H16BrN3O. The number of nitrogens with one attached hydrogen (secondary N) is 2. The Morgan fingerprint density at radius 1 is 1.43 bits per heavy atom. The summed E-state index contributed by atoms with van der Waals surface area (Å²) in [4.78, 5) is 16.7. The monoisotopic (exact) mass is 345 g/mol. The molecule has 2 heterocycles. The van der Waals surface area contributed by atoms with Gasteiger partial charge in [-0.3, -0.25) is 4.79 Å². The molecule has 1 unspecified atom stereocenters. The number of nitrogens with zero attached hydrogens (tertiary/aromatic N) is 1. The predicted octanol–water partition coefficient (Wildman–Crippen LogP) is 2.98. The van der Waals surface area contributed by atoms with Crippen molar-refractivity contribution in [1.82, 2.24) is 10.3 Å². The summed E-state index contributed by atoms with van der Waals surface area (Å²) in [5.41, 5.74) is 3.32. The summed E-state index contributed by atoms with van der Waals surface area (Å²) in [5, 5.41) is 6.16. The summed E-state index contributed by atoms with van der Waals surface area (Å²) in [6.07, 6.45) is 2.66. The molecule has 0 fully saturated rings. The van der Waals surface area contributed by atoms with Crippen LogP contribution < -0.4 is 10.6 Å². The smallest absolute Gasteiger partial charge is 0.247 e. The van der Waals surface area contributed by atoms with Gasteiger partial charge in [-0.2, -0.15) is 0 Å². The first kappa shape index (κ1) is 14.2. The number of anilines is 1. The van der Waals surface area contributed by atoms with Crippen LogP contribution >= 0.6 is 15.9 Å². The van der Waals surface area contributed by atoms with E-state index in [9.17, 15) is 4.79 Å². The highest BCUT2D eigenvalue weighted by Gasteiger charge is 2.25. The summed E-state index contributed by atoms with van der Waals surface area (Å²) in [6.45, 7) is 2.78.